The monoisotopic (exact) mass is 399 g/mol. The van der Waals surface area contributed by atoms with Crippen LogP contribution in [0.15, 0.2) is 35.4 Å². The third-order valence-corrected chi connectivity index (χ3v) is 7.45. The maximum Gasteiger partial charge on any atom is 0.310 e. The lowest BCUT2D eigenvalue weighted by Gasteiger charge is -2.46. The largest absolute Gasteiger partial charge is 0.508 e. The molecular weight excluding hydrogens is 366 g/mol. The van der Waals surface area contributed by atoms with Crippen molar-refractivity contribution in [2.24, 2.45) is 17.3 Å². The second-order valence-corrected chi connectivity index (χ2v) is 9.66. The minimum absolute atomic E-state index is 0.0302. The molecule has 1 aliphatic heterocycles. The highest BCUT2D eigenvalue weighted by Crippen LogP contribution is 2.55. The smallest absolute Gasteiger partial charge is 0.310 e. The van der Waals surface area contributed by atoms with Crippen LogP contribution < -0.4 is 0 Å². The van der Waals surface area contributed by atoms with E-state index >= 15 is 0 Å². The number of ether oxygens (including phenoxy) is 1. The second kappa shape index (κ2) is 7.77. The first-order valence-corrected chi connectivity index (χ1v) is 10.8. The van der Waals surface area contributed by atoms with Crippen molar-refractivity contribution in [2.45, 2.75) is 58.2 Å². The van der Waals surface area contributed by atoms with Crippen LogP contribution in [0.5, 0.6) is 5.75 Å². The molecule has 5 atom stereocenters. The molecule has 0 unspecified atom stereocenters. The third kappa shape index (κ3) is 3.95. The minimum Gasteiger partial charge on any atom is -0.508 e. The van der Waals surface area contributed by atoms with Gasteiger partial charge in [-0.2, -0.15) is 0 Å². The second-order valence-electron chi connectivity index (χ2n) is 9.66. The molecule has 0 radical (unpaired) electrons. The minimum atomic E-state index is -0.660. The normalized spacial score (nSPS) is 32.7. The van der Waals surface area contributed by atoms with E-state index in [1.807, 2.05) is 11.9 Å². The summed E-state index contributed by atoms with van der Waals surface area (Å²) in [6.07, 6.45) is 4.90. The number of carbonyl (C=O) groups is 1. The van der Waals surface area contributed by atoms with Crippen LogP contribution in [0.3, 0.4) is 0 Å². The number of hydrogen-bond donors (Lipinski definition) is 2. The number of aliphatic hydroxyl groups excluding tert-OH is 1. The van der Waals surface area contributed by atoms with Crippen molar-refractivity contribution in [1.82, 2.24) is 4.90 Å². The summed E-state index contributed by atoms with van der Waals surface area (Å²) in [4.78, 5) is 14.7. The van der Waals surface area contributed by atoms with E-state index in [-0.39, 0.29) is 35.1 Å². The number of allylic oxidation sites excluding steroid dienone is 2. The van der Waals surface area contributed by atoms with Crippen molar-refractivity contribution >= 4 is 5.97 Å². The molecule has 2 aliphatic carbocycles. The molecule has 0 aromatic heterocycles. The zero-order valence-corrected chi connectivity index (χ0v) is 17.7. The molecule has 0 amide bonds. The van der Waals surface area contributed by atoms with E-state index in [1.165, 1.54) is 24.8 Å². The number of rotatable bonds is 5. The van der Waals surface area contributed by atoms with Gasteiger partial charge < -0.3 is 19.8 Å². The van der Waals surface area contributed by atoms with Gasteiger partial charge in [0.05, 0.1) is 12.0 Å². The van der Waals surface area contributed by atoms with Gasteiger partial charge in [-0.05, 0) is 69.2 Å². The van der Waals surface area contributed by atoms with E-state index in [0.717, 1.165) is 18.4 Å². The SMILES string of the molecule is CC1=C2C[C@@H]3[C@H](CN(C)C[C@@H](O)c4ccc(O)cc4)C(=O)O[C@@H]3C[C@@]2(C)CCC1. The van der Waals surface area contributed by atoms with Gasteiger partial charge in [0.25, 0.3) is 0 Å². The van der Waals surface area contributed by atoms with Crippen LogP contribution >= 0.6 is 0 Å². The van der Waals surface area contributed by atoms with Crippen LogP contribution in [0, 0.1) is 17.3 Å². The van der Waals surface area contributed by atoms with Gasteiger partial charge in [-0.25, -0.2) is 0 Å². The lowest BCUT2D eigenvalue weighted by atomic mass is 9.59. The predicted octanol–water partition coefficient (Wildman–Crippen LogP) is 3.82. The molecule has 1 heterocycles. The first-order valence-electron chi connectivity index (χ1n) is 10.8. The summed E-state index contributed by atoms with van der Waals surface area (Å²) in [5, 5.41) is 20.0. The molecule has 1 saturated carbocycles. The van der Waals surface area contributed by atoms with Gasteiger partial charge in [-0.3, -0.25) is 4.79 Å². The molecule has 5 heteroatoms. The zero-order valence-electron chi connectivity index (χ0n) is 17.7. The van der Waals surface area contributed by atoms with Gasteiger partial charge in [-0.15, -0.1) is 0 Å². The number of phenolic OH excluding ortho intramolecular Hbond substituents is 1. The number of esters is 1. The van der Waals surface area contributed by atoms with Gasteiger partial charge in [0, 0.05) is 19.0 Å². The van der Waals surface area contributed by atoms with Crippen LogP contribution in [0.4, 0.5) is 0 Å². The molecule has 1 aromatic carbocycles. The van der Waals surface area contributed by atoms with Crippen molar-refractivity contribution in [3.05, 3.63) is 41.0 Å². The Balaban J connectivity index is 1.43. The number of aliphatic hydroxyl groups is 1. The Labute approximate surface area is 173 Å². The van der Waals surface area contributed by atoms with Gasteiger partial charge in [0.2, 0.25) is 0 Å². The summed E-state index contributed by atoms with van der Waals surface area (Å²) in [5.74, 6) is 0.216. The molecule has 2 N–H and O–H groups in total. The molecule has 29 heavy (non-hydrogen) atoms. The lowest BCUT2D eigenvalue weighted by molar-refractivity contribution is -0.145. The van der Waals surface area contributed by atoms with Gasteiger partial charge >= 0.3 is 5.97 Å². The number of likely N-dealkylation sites (N-methyl/N-ethyl adjacent to an activating group) is 1. The molecule has 158 valence electrons. The van der Waals surface area contributed by atoms with E-state index in [4.69, 9.17) is 4.74 Å². The van der Waals surface area contributed by atoms with Crippen molar-refractivity contribution < 1.29 is 19.7 Å². The summed E-state index contributed by atoms with van der Waals surface area (Å²) >= 11 is 0. The van der Waals surface area contributed by atoms with Gasteiger partial charge in [0.15, 0.2) is 0 Å². The summed E-state index contributed by atoms with van der Waals surface area (Å²) in [6, 6.07) is 6.62. The van der Waals surface area contributed by atoms with Crippen molar-refractivity contribution in [3.63, 3.8) is 0 Å². The first-order chi connectivity index (χ1) is 13.8. The van der Waals surface area contributed by atoms with Crippen molar-refractivity contribution in [3.8, 4) is 5.75 Å². The highest BCUT2D eigenvalue weighted by Gasteiger charge is 2.53. The number of aromatic hydroxyl groups is 1. The topological polar surface area (TPSA) is 70.0 Å². The number of carbonyl (C=O) groups excluding carboxylic acids is 1. The third-order valence-electron chi connectivity index (χ3n) is 7.45. The Morgan fingerprint density at radius 3 is 2.76 bits per heavy atom. The molecular formula is C24H33NO4. The Hall–Kier alpha value is -1.85. The Bertz CT molecular complexity index is 802. The van der Waals surface area contributed by atoms with Crippen LogP contribution in [0.2, 0.25) is 0 Å². The molecule has 0 spiro atoms. The van der Waals surface area contributed by atoms with Crippen LogP contribution in [-0.2, 0) is 9.53 Å². The first kappa shape index (κ1) is 20.4. The number of nitrogens with zero attached hydrogens (tertiary/aromatic N) is 1. The maximum atomic E-state index is 12.7. The summed E-state index contributed by atoms with van der Waals surface area (Å²) in [5.41, 5.74) is 4.05. The van der Waals surface area contributed by atoms with E-state index in [0.29, 0.717) is 13.1 Å². The summed E-state index contributed by atoms with van der Waals surface area (Å²) in [7, 11) is 1.95. The number of hydrogen-bond acceptors (Lipinski definition) is 5. The van der Waals surface area contributed by atoms with Gasteiger partial charge in [0.1, 0.15) is 11.9 Å². The van der Waals surface area contributed by atoms with Crippen LogP contribution in [-0.4, -0.2) is 47.3 Å². The zero-order chi connectivity index (χ0) is 20.8. The fraction of sp³-hybridized carbons (Fsp3) is 0.625. The molecule has 3 aliphatic rings. The fourth-order valence-corrected chi connectivity index (χ4v) is 5.83. The Kier molecular flexibility index (Phi) is 5.47. The number of benzene rings is 1. The van der Waals surface area contributed by atoms with Crippen LogP contribution in [0.25, 0.3) is 0 Å². The molecule has 5 nitrogen and oxygen atoms in total. The van der Waals surface area contributed by atoms with Gasteiger partial charge in [-0.1, -0.05) is 30.2 Å². The highest BCUT2D eigenvalue weighted by atomic mass is 16.6. The highest BCUT2D eigenvalue weighted by molar-refractivity contribution is 5.76. The Morgan fingerprint density at radius 1 is 1.31 bits per heavy atom. The number of fused-ring (bicyclic) bond motifs is 2. The maximum absolute atomic E-state index is 12.7. The molecule has 1 saturated heterocycles. The van der Waals surface area contributed by atoms with E-state index < -0.39 is 6.10 Å². The molecule has 2 fully saturated rings. The average molecular weight is 400 g/mol. The molecule has 4 rings (SSSR count). The standard InChI is InChI=1S/C24H33NO4/c1-15-5-4-10-24(2)12-22-18(11-20(15)24)19(23(28)29-22)13-25(3)14-21(27)16-6-8-17(26)9-7-16/h6-9,18-19,21-22,26-27H,4-5,10-14H2,1-3H3/t18-,19+,21-,22-,24-/m1/s1. The van der Waals surface area contributed by atoms with E-state index in [1.54, 1.807) is 29.8 Å². The summed E-state index contributed by atoms with van der Waals surface area (Å²) < 4.78 is 5.85. The van der Waals surface area contributed by atoms with Crippen molar-refractivity contribution in [2.75, 3.05) is 20.1 Å². The number of phenols is 1. The lowest BCUT2D eigenvalue weighted by Crippen LogP contribution is -2.41. The average Bonchev–Trinajstić information content (AvgIpc) is 2.94. The quantitative estimate of drug-likeness (QED) is 0.582. The van der Waals surface area contributed by atoms with E-state index in [9.17, 15) is 15.0 Å². The van der Waals surface area contributed by atoms with Crippen LogP contribution in [0.1, 0.15) is 57.6 Å². The Morgan fingerprint density at radius 2 is 2.03 bits per heavy atom. The predicted molar refractivity (Wildman–Crippen MR) is 111 cm³/mol. The summed E-state index contributed by atoms with van der Waals surface area (Å²) in [6.45, 7) is 5.64. The molecule has 1 aromatic rings. The van der Waals surface area contributed by atoms with Crippen molar-refractivity contribution in [1.29, 1.82) is 0 Å². The molecule has 0 bridgehead atoms. The van der Waals surface area contributed by atoms with E-state index in [2.05, 4.69) is 13.8 Å². The fourth-order valence-electron chi connectivity index (χ4n) is 5.83.